The van der Waals surface area contributed by atoms with Gasteiger partial charge < -0.3 is 10.1 Å². The third kappa shape index (κ3) is 4.07. The molecule has 1 N–H and O–H groups in total. The molecule has 0 spiro atoms. The van der Waals surface area contributed by atoms with Gasteiger partial charge in [0.15, 0.2) is 5.69 Å². The zero-order valence-electron chi connectivity index (χ0n) is 12.1. The Morgan fingerprint density at radius 2 is 1.83 bits per heavy atom. The molecular formula is C16H13N5O2. The minimum Gasteiger partial charge on any atom is -0.472 e. The van der Waals surface area contributed by atoms with Gasteiger partial charge in [0, 0.05) is 24.2 Å². The number of hydrogen-bond acceptors (Lipinski definition) is 6. The number of anilines is 1. The SMILES string of the molecule is O=C(Nc1cccnc1)c1cncc(OCc2cccnc2)n1. The minimum absolute atomic E-state index is 0.164. The highest BCUT2D eigenvalue weighted by molar-refractivity contribution is 6.02. The topological polar surface area (TPSA) is 89.9 Å². The van der Waals surface area contributed by atoms with Crippen LogP contribution >= 0.6 is 0 Å². The van der Waals surface area contributed by atoms with E-state index in [1.165, 1.54) is 12.4 Å². The lowest BCUT2D eigenvalue weighted by atomic mass is 10.3. The number of pyridine rings is 2. The Morgan fingerprint density at radius 1 is 1.00 bits per heavy atom. The van der Waals surface area contributed by atoms with Gasteiger partial charge >= 0.3 is 0 Å². The second kappa shape index (κ2) is 7.08. The molecule has 0 bridgehead atoms. The van der Waals surface area contributed by atoms with Crippen molar-refractivity contribution in [1.82, 2.24) is 19.9 Å². The second-order valence-corrected chi connectivity index (χ2v) is 4.59. The van der Waals surface area contributed by atoms with Crippen molar-refractivity contribution in [2.75, 3.05) is 5.32 Å². The molecule has 3 heterocycles. The van der Waals surface area contributed by atoms with Crippen LogP contribution < -0.4 is 10.1 Å². The molecule has 0 saturated heterocycles. The summed E-state index contributed by atoms with van der Waals surface area (Å²) in [6, 6.07) is 7.18. The molecule has 3 aromatic rings. The number of carbonyl (C=O) groups is 1. The van der Waals surface area contributed by atoms with Crippen LogP contribution in [0.25, 0.3) is 0 Å². The first-order valence-electron chi connectivity index (χ1n) is 6.86. The molecule has 0 fully saturated rings. The fourth-order valence-corrected chi connectivity index (χ4v) is 1.80. The Morgan fingerprint density at radius 3 is 2.57 bits per heavy atom. The molecule has 114 valence electrons. The van der Waals surface area contributed by atoms with Gasteiger partial charge in [0.1, 0.15) is 6.61 Å². The molecule has 3 rings (SSSR count). The average Bonchev–Trinajstić information content (AvgIpc) is 2.62. The molecule has 23 heavy (non-hydrogen) atoms. The summed E-state index contributed by atoms with van der Waals surface area (Å²) in [6.45, 7) is 0.302. The maximum atomic E-state index is 12.1. The molecule has 0 saturated carbocycles. The van der Waals surface area contributed by atoms with Gasteiger partial charge in [-0.1, -0.05) is 6.07 Å². The van der Waals surface area contributed by atoms with E-state index >= 15 is 0 Å². The van der Waals surface area contributed by atoms with Crippen LogP contribution in [-0.4, -0.2) is 25.8 Å². The molecule has 0 aliphatic heterocycles. The summed E-state index contributed by atoms with van der Waals surface area (Å²) in [7, 11) is 0. The molecule has 0 aliphatic carbocycles. The summed E-state index contributed by atoms with van der Waals surface area (Å²) < 4.78 is 5.53. The molecule has 7 nitrogen and oxygen atoms in total. The van der Waals surface area contributed by atoms with E-state index in [0.717, 1.165) is 5.56 Å². The standard InChI is InChI=1S/C16H13N5O2/c22-16(20-13-4-2-6-18-8-13)14-9-19-10-15(21-14)23-11-12-3-1-5-17-7-12/h1-10H,11H2,(H,20,22). The zero-order valence-corrected chi connectivity index (χ0v) is 12.1. The van der Waals surface area contributed by atoms with Gasteiger partial charge in [-0.15, -0.1) is 0 Å². The first-order valence-corrected chi connectivity index (χ1v) is 6.86. The fourth-order valence-electron chi connectivity index (χ4n) is 1.80. The van der Waals surface area contributed by atoms with Gasteiger partial charge in [0.25, 0.3) is 5.91 Å². The van der Waals surface area contributed by atoms with Crippen LogP contribution in [0.2, 0.25) is 0 Å². The van der Waals surface area contributed by atoms with E-state index in [0.29, 0.717) is 12.3 Å². The third-order valence-electron chi connectivity index (χ3n) is 2.87. The van der Waals surface area contributed by atoms with Gasteiger partial charge in [-0.3, -0.25) is 19.7 Å². The number of nitrogens with zero attached hydrogens (tertiary/aromatic N) is 4. The van der Waals surface area contributed by atoms with E-state index in [-0.39, 0.29) is 17.5 Å². The summed E-state index contributed by atoms with van der Waals surface area (Å²) in [4.78, 5) is 28.2. The number of rotatable bonds is 5. The molecule has 0 radical (unpaired) electrons. The quantitative estimate of drug-likeness (QED) is 0.776. The van der Waals surface area contributed by atoms with Crippen LogP contribution in [-0.2, 0) is 6.61 Å². The van der Waals surface area contributed by atoms with Crippen LogP contribution in [0.15, 0.2) is 61.4 Å². The van der Waals surface area contributed by atoms with Crippen molar-refractivity contribution in [3.63, 3.8) is 0 Å². The van der Waals surface area contributed by atoms with Crippen molar-refractivity contribution in [3.05, 3.63) is 72.7 Å². The predicted molar refractivity (Wildman–Crippen MR) is 82.8 cm³/mol. The van der Waals surface area contributed by atoms with Crippen LogP contribution in [0.1, 0.15) is 16.1 Å². The molecule has 0 unspecified atom stereocenters. The van der Waals surface area contributed by atoms with Gasteiger partial charge in [0.05, 0.1) is 24.3 Å². The predicted octanol–water partition coefficient (Wildman–Crippen LogP) is 2.10. The number of hydrogen-bond donors (Lipinski definition) is 1. The molecule has 0 aliphatic rings. The largest absolute Gasteiger partial charge is 0.472 e. The highest BCUT2D eigenvalue weighted by atomic mass is 16.5. The molecule has 7 heteroatoms. The Kier molecular flexibility index (Phi) is 4.49. The fraction of sp³-hybridized carbons (Fsp3) is 0.0625. The zero-order chi connectivity index (χ0) is 15.9. The molecule has 0 aromatic carbocycles. The van der Waals surface area contributed by atoms with Crippen molar-refractivity contribution < 1.29 is 9.53 Å². The van der Waals surface area contributed by atoms with E-state index in [1.54, 1.807) is 36.9 Å². The van der Waals surface area contributed by atoms with Crippen molar-refractivity contribution in [2.45, 2.75) is 6.61 Å². The number of nitrogens with one attached hydrogen (secondary N) is 1. The lowest BCUT2D eigenvalue weighted by Gasteiger charge is -2.07. The van der Waals surface area contributed by atoms with Crippen LogP contribution in [0, 0.1) is 0 Å². The maximum absolute atomic E-state index is 12.1. The third-order valence-corrected chi connectivity index (χ3v) is 2.87. The van der Waals surface area contributed by atoms with Crippen molar-refractivity contribution >= 4 is 11.6 Å². The average molecular weight is 307 g/mol. The Balaban J connectivity index is 1.66. The Bertz CT molecular complexity index is 781. The maximum Gasteiger partial charge on any atom is 0.276 e. The highest BCUT2D eigenvalue weighted by Crippen LogP contribution is 2.10. The summed E-state index contributed by atoms with van der Waals surface area (Å²) in [5.41, 5.74) is 1.65. The van der Waals surface area contributed by atoms with E-state index in [1.807, 2.05) is 12.1 Å². The van der Waals surface area contributed by atoms with Crippen molar-refractivity contribution in [2.24, 2.45) is 0 Å². The smallest absolute Gasteiger partial charge is 0.276 e. The monoisotopic (exact) mass is 307 g/mol. The number of aromatic nitrogens is 4. The Labute approximate surface area is 132 Å². The lowest BCUT2D eigenvalue weighted by Crippen LogP contribution is -2.14. The summed E-state index contributed by atoms with van der Waals surface area (Å²) in [6.07, 6.45) is 9.40. The van der Waals surface area contributed by atoms with Gasteiger partial charge in [-0.25, -0.2) is 4.98 Å². The van der Waals surface area contributed by atoms with E-state index in [2.05, 4.69) is 25.3 Å². The number of amides is 1. The normalized spacial score (nSPS) is 10.1. The van der Waals surface area contributed by atoms with Crippen molar-refractivity contribution in [3.8, 4) is 5.88 Å². The first kappa shape index (κ1) is 14.6. The molecule has 1 amide bonds. The van der Waals surface area contributed by atoms with Gasteiger partial charge in [-0.05, 0) is 18.2 Å². The van der Waals surface area contributed by atoms with Gasteiger partial charge in [0.2, 0.25) is 5.88 Å². The molecular weight excluding hydrogens is 294 g/mol. The second-order valence-electron chi connectivity index (χ2n) is 4.59. The lowest BCUT2D eigenvalue weighted by molar-refractivity contribution is 0.102. The van der Waals surface area contributed by atoms with E-state index in [4.69, 9.17) is 4.74 Å². The van der Waals surface area contributed by atoms with Crippen molar-refractivity contribution in [1.29, 1.82) is 0 Å². The molecule has 0 atom stereocenters. The van der Waals surface area contributed by atoms with Gasteiger partial charge in [-0.2, -0.15) is 0 Å². The summed E-state index contributed by atoms with van der Waals surface area (Å²) in [5, 5.41) is 2.69. The van der Waals surface area contributed by atoms with E-state index < -0.39 is 0 Å². The minimum atomic E-state index is -0.377. The Hall–Kier alpha value is -3.35. The van der Waals surface area contributed by atoms with E-state index in [9.17, 15) is 4.79 Å². The summed E-state index contributed by atoms with van der Waals surface area (Å²) >= 11 is 0. The molecule has 3 aromatic heterocycles. The van der Waals surface area contributed by atoms with Crippen LogP contribution in [0.4, 0.5) is 5.69 Å². The number of ether oxygens (including phenoxy) is 1. The first-order chi connectivity index (χ1) is 11.3. The van der Waals surface area contributed by atoms with Crippen LogP contribution in [0.3, 0.4) is 0 Å². The highest BCUT2D eigenvalue weighted by Gasteiger charge is 2.10. The number of carbonyl (C=O) groups excluding carboxylic acids is 1. The van der Waals surface area contributed by atoms with Crippen LogP contribution in [0.5, 0.6) is 5.88 Å². The summed E-state index contributed by atoms with van der Waals surface area (Å²) in [5.74, 6) is -0.106.